The molecule has 7 heteroatoms. The standard InChI is InChI=1S/C14H26F2N2O3/c1-8(2)6-10(12(20)21-5)18-11(19)9(17)7-14(3,4)13(15)16/h8-10,13H,6-7,17H2,1-5H3,(H,18,19). The number of rotatable bonds is 8. The summed E-state index contributed by atoms with van der Waals surface area (Å²) in [5.41, 5.74) is 4.30. The van der Waals surface area contributed by atoms with E-state index in [-0.39, 0.29) is 12.3 Å². The molecule has 0 saturated carbocycles. The monoisotopic (exact) mass is 308 g/mol. The van der Waals surface area contributed by atoms with Crippen molar-refractivity contribution >= 4 is 11.9 Å². The number of nitrogens with two attached hydrogens (primary N) is 1. The molecular weight excluding hydrogens is 282 g/mol. The zero-order valence-corrected chi connectivity index (χ0v) is 13.3. The summed E-state index contributed by atoms with van der Waals surface area (Å²) in [5.74, 6) is -1.04. The molecule has 0 aromatic rings. The van der Waals surface area contributed by atoms with Gasteiger partial charge < -0.3 is 15.8 Å². The van der Waals surface area contributed by atoms with Crippen molar-refractivity contribution in [3.05, 3.63) is 0 Å². The van der Waals surface area contributed by atoms with E-state index in [0.29, 0.717) is 6.42 Å². The van der Waals surface area contributed by atoms with Crippen molar-refractivity contribution in [2.45, 2.75) is 59.0 Å². The Hall–Kier alpha value is -1.24. The first-order valence-electron chi connectivity index (χ1n) is 6.93. The quantitative estimate of drug-likeness (QED) is 0.669. The molecule has 1 amide bonds. The highest BCUT2D eigenvalue weighted by Crippen LogP contribution is 2.29. The Morgan fingerprint density at radius 2 is 1.81 bits per heavy atom. The van der Waals surface area contributed by atoms with Gasteiger partial charge in [0.2, 0.25) is 12.3 Å². The Labute approximate surface area is 124 Å². The molecular formula is C14H26F2N2O3. The van der Waals surface area contributed by atoms with Crippen molar-refractivity contribution in [1.29, 1.82) is 0 Å². The minimum atomic E-state index is -2.58. The van der Waals surface area contributed by atoms with Crippen LogP contribution in [-0.2, 0) is 14.3 Å². The molecule has 5 nitrogen and oxygen atoms in total. The van der Waals surface area contributed by atoms with E-state index in [2.05, 4.69) is 10.1 Å². The van der Waals surface area contributed by atoms with Crippen LogP contribution in [0.15, 0.2) is 0 Å². The highest BCUT2D eigenvalue weighted by atomic mass is 19.3. The minimum Gasteiger partial charge on any atom is -0.467 e. The molecule has 124 valence electrons. The van der Waals surface area contributed by atoms with Gasteiger partial charge in [-0.3, -0.25) is 4.79 Å². The summed E-state index contributed by atoms with van der Waals surface area (Å²) in [6.07, 6.45) is -2.36. The van der Waals surface area contributed by atoms with Crippen LogP contribution in [0.2, 0.25) is 0 Å². The molecule has 0 aromatic heterocycles. The Morgan fingerprint density at radius 1 is 1.29 bits per heavy atom. The summed E-state index contributed by atoms with van der Waals surface area (Å²) < 4.78 is 30.2. The van der Waals surface area contributed by atoms with Gasteiger partial charge in [0.05, 0.1) is 13.2 Å². The number of hydrogen-bond donors (Lipinski definition) is 2. The highest BCUT2D eigenvalue weighted by Gasteiger charge is 2.34. The molecule has 2 unspecified atom stereocenters. The fourth-order valence-corrected chi connectivity index (χ4v) is 1.86. The molecule has 0 aliphatic heterocycles. The zero-order chi connectivity index (χ0) is 16.8. The van der Waals surface area contributed by atoms with Crippen molar-refractivity contribution in [3.8, 4) is 0 Å². The van der Waals surface area contributed by atoms with Gasteiger partial charge in [0.15, 0.2) is 0 Å². The van der Waals surface area contributed by atoms with Crippen LogP contribution in [0.25, 0.3) is 0 Å². The molecule has 0 rings (SSSR count). The van der Waals surface area contributed by atoms with Crippen LogP contribution in [0, 0.1) is 11.3 Å². The molecule has 0 saturated heterocycles. The van der Waals surface area contributed by atoms with E-state index in [1.807, 2.05) is 13.8 Å². The summed E-state index contributed by atoms with van der Waals surface area (Å²) in [6, 6.07) is -1.92. The number of alkyl halides is 2. The number of hydrogen-bond acceptors (Lipinski definition) is 4. The van der Waals surface area contributed by atoms with Crippen LogP contribution in [-0.4, -0.2) is 37.5 Å². The average molecular weight is 308 g/mol. The molecule has 0 heterocycles. The van der Waals surface area contributed by atoms with Gasteiger partial charge in [0.25, 0.3) is 0 Å². The van der Waals surface area contributed by atoms with Gasteiger partial charge in [0, 0.05) is 5.41 Å². The second kappa shape index (κ2) is 8.26. The largest absolute Gasteiger partial charge is 0.467 e. The van der Waals surface area contributed by atoms with Crippen LogP contribution < -0.4 is 11.1 Å². The number of carbonyl (C=O) groups excluding carboxylic acids is 2. The van der Waals surface area contributed by atoms with Crippen molar-refractivity contribution in [3.63, 3.8) is 0 Å². The summed E-state index contributed by atoms with van der Waals surface area (Å²) >= 11 is 0. The molecule has 0 radical (unpaired) electrons. The second-order valence-corrected chi connectivity index (χ2v) is 6.31. The predicted octanol–water partition coefficient (Wildman–Crippen LogP) is 1.70. The maximum Gasteiger partial charge on any atom is 0.328 e. The van der Waals surface area contributed by atoms with Gasteiger partial charge in [-0.1, -0.05) is 27.7 Å². The van der Waals surface area contributed by atoms with Gasteiger partial charge in [-0.05, 0) is 18.8 Å². The van der Waals surface area contributed by atoms with Crippen LogP contribution in [0.1, 0.15) is 40.5 Å². The molecule has 0 bridgehead atoms. The minimum absolute atomic E-state index is 0.156. The van der Waals surface area contributed by atoms with Crippen molar-refractivity contribution < 1.29 is 23.1 Å². The first kappa shape index (κ1) is 19.8. The van der Waals surface area contributed by atoms with Crippen LogP contribution in [0.4, 0.5) is 8.78 Å². The maximum atomic E-state index is 12.8. The van der Waals surface area contributed by atoms with E-state index in [9.17, 15) is 18.4 Å². The van der Waals surface area contributed by atoms with Crippen molar-refractivity contribution in [2.24, 2.45) is 17.1 Å². The number of nitrogens with one attached hydrogen (secondary N) is 1. The Bertz CT molecular complexity index is 360. The molecule has 0 aliphatic carbocycles. The fraction of sp³-hybridized carbons (Fsp3) is 0.857. The number of esters is 1. The molecule has 21 heavy (non-hydrogen) atoms. The lowest BCUT2D eigenvalue weighted by Crippen LogP contribution is -2.50. The molecule has 0 aliphatic rings. The number of carbonyl (C=O) groups is 2. The first-order chi connectivity index (χ1) is 9.51. The predicted molar refractivity (Wildman–Crippen MR) is 75.8 cm³/mol. The van der Waals surface area contributed by atoms with E-state index in [4.69, 9.17) is 5.73 Å². The normalized spacial score (nSPS) is 15.0. The van der Waals surface area contributed by atoms with Crippen LogP contribution >= 0.6 is 0 Å². The molecule has 0 spiro atoms. The lowest BCUT2D eigenvalue weighted by molar-refractivity contribution is -0.145. The van der Waals surface area contributed by atoms with E-state index < -0.39 is 35.8 Å². The van der Waals surface area contributed by atoms with E-state index in [1.54, 1.807) is 0 Å². The topological polar surface area (TPSA) is 81.4 Å². The lowest BCUT2D eigenvalue weighted by Gasteiger charge is -2.27. The fourth-order valence-electron chi connectivity index (χ4n) is 1.86. The van der Waals surface area contributed by atoms with Gasteiger partial charge in [-0.15, -0.1) is 0 Å². The lowest BCUT2D eigenvalue weighted by atomic mass is 9.86. The summed E-state index contributed by atoms with van der Waals surface area (Å²) in [7, 11) is 1.22. The summed E-state index contributed by atoms with van der Waals surface area (Å²) in [5, 5.41) is 2.48. The zero-order valence-electron chi connectivity index (χ0n) is 13.3. The van der Waals surface area contributed by atoms with Crippen LogP contribution in [0.5, 0.6) is 0 Å². The van der Waals surface area contributed by atoms with E-state index in [0.717, 1.165) is 0 Å². The molecule has 3 N–H and O–H groups in total. The molecule has 2 atom stereocenters. The smallest absolute Gasteiger partial charge is 0.328 e. The summed E-state index contributed by atoms with van der Waals surface area (Å²) in [6.45, 7) is 6.47. The molecule has 0 fully saturated rings. The summed E-state index contributed by atoms with van der Waals surface area (Å²) in [4.78, 5) is 23.6. The van der Waals surface area contributed by atoms with Gasteiger partial charge in [-0.25, -0.2) is 13.6 Å². The SMILES string of the molecule is COC(=O)C(CC(C)C)NC(=O)C(N)CC(C)(C)C(F)F. The van der Waals surface area contributed by atoms with Crippen LogP contribution in [0.3, 0.4) is 0 Å². The highest BCUT2D eigenvalue weighted by molar-refractivity contribution is 5.87. The Morgan fingerprint density at radius 3 is 2.19 bits per heavy atom. The third-order valence-corrected chi connectivity index (χ3v) is 3.18. The van der Waals surface area contributed by atoms with Gasteiger partial charge in [0.1, 0.15) is 6.04 Å². The number of halogens is 2. The average Bonchev–Trinajstić information content (AvgIpc) is 2.35. The Balaban J connectivity index is 4.71. The molecule has 0 aromatic carbocycles. The number of ether oxygens (including phenoxy) is 1. The third-order valence-electron chi connectivity index (χ3n) is 3.18. The van der Waals surface area contributed by atoms with E-state index >= 15 is 0 Å². The van der Waals surface area contributed by atoms with Gasteiger partial charge in [-0.2, -0.15) is 0 Å². The van der Waals surface area contributed by atoms with E-state index in [1.165, 1.54) is 21.0 Å². The maximum absolute atomic E-state index is 12.8. The number of amides is 1. The van der Waals surface area contributed by atoms with Crippen molar-refractivity contribution in [2.75, 3.05) is 7.11 Å². The third kappa shape index (κ3) is 6.84. The van der Waals surface area contributed by atoms with Gasteiger partial charge >= 0.3 is 5.97 Å². The Kier molecular flexibility index (Phi) is 7.78. The number of methoxy groups -OCH3 is 1. The second-order valence-electron chi connectivity index (χ2n) is 6.31. The first-order valence-corrected chi connectivity index (χ1v) is 6.93. The van der Waals surface area contributed by atoms with Crippen molar-refractivity contribution in [1.82, 2.24) is 5.32 Å².